The van der Waals surface area contributed by atoms with Gasteiger partial charge in [-0.25, -0.2) is 4.99 Å². The van der Waals surface area contributed by atoms with Crippen molar-refractivity contribution in [2.24, 2.45) is 10.9 Å². The van der Waals surface area contributed by atoms with Gasteiger partial charge in [-0.1, -0.05) is 26.0 Å². The summed E-state index contributed by atoms with van der Waals surface area (Å²) in [5, 5.41) is 6.81. The maximum atomic E-state index is 11.9. The molecule has 0 aromatic heterocycles. The molecule has 29 heavy (non-hydrogen) atoms. The van der Waals surface area contributed by atoms with Gasteiger partial charge in [0.1, 0.15) is 0 Å². The van der Waals surface area contributed by atoms with Gasteiger partial charge in [0.05, 0.1) is 6.54 Å². The van der Waals surface area contributed by atoms with Gasteiger partial charge in [-0.15, -0.1) is 24.0 Å². The second kappa shape index (κ2) is 13.1. The van der Waals surface area contributed by atoms with Crippen LogP contribution in [0.15, 0.2) is 29.3 Å². The first-order valence-electron chi connectivity index (χ1n) is 10.5. The summed E-state index contributed by atoms with van der Waals surface area (Å²) in [4.78, 5) is 20.7. The van der Waals surface area contributed by atoms with Crippen LogP contribution >= 0.6 is 24.0 Å². The second-order valence-corrected chi connectivity index (χ2v) is 8.14. The van der Waals surface area contributed by atoms with Crippen molar-refractivity contribution in [2.75, 3.05) is 38.6 Å². The normalized spacial score (nSPS) is 15.6. The van der Waals surface area contributed by atoms with Crippen LogP contribution in [-0.4, -0.2) is 56.5 Å². The average Bonchev–Trinajstić information content (AvgIpc) is 3.08. The molecule has 0 saturated carbocycles. The quantitative estimate of drug-likeness (QED) is 0.301. The van der Waals surface area contributed by atoms with E-state index in [1.165, 1.54) is 0 Å². The van der Waals surface area contributed by atoms with E-state index in [2.05, 4.69) is 62.5 Å². The Morgan fingerprint density at radius 3 is 2.41 bits per heavy atom. The molecule has 1 fully saturated rings. The number of carbonyl (C=O) groups excluding carboxylic acids is 1. The van der Waals surface area contributed by atoms with E-state index in [0.717, 1.165) is 49.7 Å². The number of benzene rings is 1. The number of anilines is 1. The topological polar surface area (TPSA) is 60.0 Å². The summed E-state index contributed by atoms with van der Waals surface area (Å²) in [5.41, 5.74) is 2.13. The smallest absolute Gasteiger partial charge is 0.227 e. The molecule has 1 aliphatic rings. The van der Waals surface area contributed by atoms with Gasteiger partial charge in [-0.05, 0) is 57.5 Å². The van der Waals surface area contributed by atoms with E-state index in [4.69, 9.17) is 4.99 Å². The Labute approximate surface area is 193 Å². The molecule has 2 N–H and O–H groups in total. The first-order chi connectivity index (χ1) is 13.4. The van der Waals surface area contributed by atoms with E-state index in [9.17, 15) is 4.79 Å². The molecule has 2 rings (SSSR count). The van der Waals surface area contributed by atoms with Gasteiger partial charge in [0.25, 0.3) is 0 Å². The number of likely N-dealkylation sites (N-methyl/N-ethyl adjacent to an activating group) is 1. The lowest BCUT2D eigenvalue weighted by molar-refractivity contribution is -0.117. The van der Waals surface area contributed by atoms with Crippen LogP contribution in [0.25, 0.3) is 0 Å². The fourth-order valence-electron chi connectivity index (χ4n) is 3.45. The van der Waals surface area contributed by atoms with Crippen LogP contribution in [0.4, 0.5) is 5.69 Å². The van der Waals surface area contributed by atoms with Crippen LogP contribution in [0.3, 0.4) is 0 Å². The third-order valence-corrected chi connectivity index (χ3v) is 5.06. The Balaban J connectivity index is 0.00000420. The van der Waals surface area contributed by atoms with Crippen molar-refractivity contribution in [1.29, 1.82) is 0 Å². The Bertz CT molecular complexity index is 645. The summed E-state index contributed by atoms with van der Waals surface area (Å²) in [7, 11) is 4.26. The number of carbonyl (C=O) groups is 1. The van der Waals surface area contributed by atoms with Crippen molar-refractivity contribution in [1.82, 2.24) is 15.5 Å². The molecule has 1 atom stereocenters. The van der Waals surface area contributed by atoms with Crippen LogP contribution < -0.4 is 15.5 Å². The zero-order valence-corrected chi connectivity index (χ0v) is 20.9. The molecule has 1 saturated heterocycles. The van der Waals surface area contributed by atoms with Gasteiger partial charge in [0.2, 0.25) is 5.91 Å². The van der Waals surface area contributed by atoms with E-state index in [1.54, 1.807) is 0 Å². The molecule has 1 aliphatic heterocycles. The molecule has 0 spiro atoms. The molecular formula is C22H38IN5O. The molecule has 164 valence electrons. The number of halogens is 1. The minimum Gasteiger partial charge on any atom is -0.357 e. The maximum absolute atomic E-state index is 11.9. The number of nitrogens with one attached hydrogen (secondary N) is 2. The van der Waals surface area contributed by atoms with E-state index in [0.29, 0.717) is 24.9 Å². The first-order valence-corrected chi connectivity index (χ1v) is 10.5. The Hall–Kier alpha value is -1.35. The highest BCUT2D eigenvalue weighted by molar-refractivity contribution is 14.0. The zero-order chi connectivity index (χ0) is 20.5. The molecule has 0 radical (unpaired) electrons. The van der Waals surface area contributed by atoms with Gasteiger partial charge in [0, 0.05) is 37.8 Å². The van der Waals surface area contributed by atoms with E-state index in [-0.39, 0.29) is 29.9 Å². The lowest BCUT2D eigenvalue weighted by Crippen LogP contribution is -2.45. The van der Waals surface area contributed by atoms with Crippen LogP contribution in [0.5, 0.6) is 0 Å². The molecule has 1 amide bonds. The molecule has 1 unspecified atom stereocenters. The van der Waals surface area contributed by atoms with Crippen molar-refractivity contribution in [3.8, 4) is 0 Å². The average molecular weight is 515 g/mol. The van der Waals surface area contributed by atoms with Gasteiger partial charge in [-0.3, -0.25) is 4.79 Å². The summed E-state index contributed by atoms with van der Waals surface area (Å²) >= 11 is 0. The van der Waals surface area contributed by atoms with Gasteiger partial charge < -0.3 is 20.4 Å². The molecule has 0 bridgehead atoms. The number of rotatable bonds is 9. The third-order valence-electron chi connectivity index (χ3n) is 5.06. The van der Waals surface area contributed by atoms with Crippen LogP contribution in [0.2, 0.25) is 0 Å². The number of nitrogens with zero attached hydrogens (tertiary/aromatic N) is 3. The highest BCUT2D eigenvalue weighted by Crippen LogP contribution is 2.21. The lowest BCUT2D eigenvalue weighted by atomic mass is 10.0. The molecule has 6 nitrogen and oxygen atoms in total. The lowest BCUT2D eigenvalue weighted by Gasteiger charge is -2.27. The summed E-state index contributed by atoms with van der Waals surface area (Å²) < 4.78 is 0. The number of hydrogen-bond acceptors (Lipinski definition) is 3. The number of guanidine groups is 1. The largest absolute Gasteiger partial charge is 0.357 e. The number of amides is 1. The Morgan fingerprint density at radius 2 is 1.90 bits per heavy atom. The fourth-order valence-corrected chi connectivity index (χ4v) is 3.45. The first kappa shape index (κ1) is 25.7. The van der Waals surface area contributed by atoms with Crippen LogP contribution in [0.1, 0.15) is 45.6 Å². The predicted octanol–water partition coefficient (Wildman–Crippen LogP) is 3.46. The highest BCUT2D eigenvalue weighted by atomic mass is 127. The molecule has 0 aliphatic carbocycles. The number of hydrogen-bond donors (Lipinski definition) is 2. The van der Waals surface area contributed by atoms with Crippen molar-refractivity contribution in [3.05, 3.63) is 29.8 Å². The summed E-state index contributed by atoms with van der Waals surface area (Å²) in [6.45, 7) is 9.74. The fraction of sp³-hybridized carbons (Fsp3) is 0.636. The van der Waals surface area contributed by atoms with Crippen molar-refractivity contribution in [2.45, 2.75) is 52.6 Å². The maximum Gasteiger partial charge on any atom is 0.227 e. The molecule has 1 aromatic rings. The minimum absolute atomic E-state index is 0. The summed E-state index contributed by atoms with van der Waals surface area (Å²) in [6.07, 6.45) is 2.76. The van der Waals surface area contributed by atoms with Gasteiger partial charge in [-0.2, -0.15) is 0 Å². The third kappa shape index (κ3) is 8.50. The van der Waals surface area contributed by atoms with Gasteiger partial charge >= 0.3 is 0 Å². The van der Waals surface area contributed by atoms with E-state index < -0.39 is 0 Å². The molecule has 7 heteroatoms. The number of aliphatic imine (C=N–C) groups is 1. The molecule has 1 heterocycles. The van der Waals surface area contributed by atoms with Crippen LogP contribution in [-0.2, 0) is 11.3 Å². The minimum atomic E-state index is 0. The van der Waals surface area contributed by atoms with E-state index >= 15 is 0 Å². The predicted molar refractivity (Wildman–Crippen MR) is 133 cm³/mol. The summed E-state index contributed by atoms with van der Waals surface area (Å²) in [5.74, 6) is 1.73. The summed E-state index contributed by atoms with van der Waals surface area (Å²) in [6, 6.07) is 8.66. The van der Waals surface area contributed by atoms with E-state index in [1.807, 2.05) is 17.0 Å². The zero-order valence-electron chi connectivity index (χ0n) is 18.6. The monoisotopic (exact) mass is 515 g/mol. The highest BCUT2D eigenvalue weighted by Gasteiger charge is 2.21. The Morgan fingerprint density at radius 1 is 1.21 bits per heavy atom. The molecule has 1 aromatic carbocycles. The van der Waals surface area contributed by atoms with Crippen LogP contribution in [0, 0.1) is 5.92 Å². The van der Waals surface area contributed by atoms with Crippen molar-refractivity contribution in [3.63, 3.8) is 0 Å². The van der Waals surface area contributed by atoms with Crippen molar-refractivity contribution < 1.29 is 4.79 Å². The Kier molecular flexibility index (Phi) is 11.6. The van der Waals surface area contributed by atoms with Gasteiger partial charge in [0.15, 0.2) is 5.96 Å². The second-order valence-electron chi connectivity index (χ2n) is 8.14. The SMILES string of the molecule is CCNC(=NCc1ccc(N2CCCC2=O)cc1)NCC(CC(C)C)N(C)C.I. The van der Waals surface area contributed by atoms with Crippen molar-refractivity contribution >= 4 is 41.5 Å². The standard InChI is InChI=1S/C22H37N5O.HI/c1-6-23-22(25-16-20(26(4)5)14-17(2)3)24-15-18-9-11-19(12-10-18)27-13-7-8-21(27)28;/h9-12,17,20H,6-8,13-16H2,1-5H3,(H2,23,24,25);1H. The molecular weight excluding hydrogens is 477 g/mol.